The van der Waals surface area contributed by atoms with E-state index in [-0.39, 0.29) is 6.10 Å². The molecule has 0 radical (unpaired) electrons. The first-order valence-electron chi connectivity index (χ1n) is 17.4. The van der Waals surface area contributed by atoms with Crippen molar-refractivity contribution in [1.82, 2.24) is 24.9 Å². The van der Waals surface area contributed by atoms with E-state index in [1.807, 2.05) is 19.0 Å². The van der Waals surface area contributed by atoms with Crippen LogP contribution in [0, 0.1) is 0 Å². The molecule has 268 valence electrons. The molecule has 0 aromatic carbocycles. The number of nitrogens with one attached hydrogen (secondary N) is 1. The molecule has 1 atom stereocenters. The number of aliphatic hydroxyl groups is 1. The van der Waals surface area contributed by atoms with Gasteiger partial charge in [-0.1, -0.05) is 66.7 Å². The summed E-state index contributed by atoms with van der Waals surface area (Å²) in [7, 11) is 14.5. The Labute approximate surface area is 272 Å². The van der Waals surface area contributed by atoms with Crippen molar-refractivity contribution in [3.63, 3.8) is 0 Å². The number of unbranched alkanes of at least 4 members (excludes halogenated alkanes) is 5. The van der Waals surface area contributed by atoms with Crippen molar-refractivity contribution in [3.05, 3.63) is 0 Å². The predicted octanol–water partition coefficient (Wildman–Crippen LogP) is 4.43. The van der Waals surface area contributed by atoms with Crippen LogP contribution < -0.4 is 16.8 Å². The zero-order valence-electron chi connectivity index (χ0n) is 31.7. The summed E-state index contributed by atoms with van der Waals surface area (Å²) >= 11 is 0. The summed E-state index contributed by atoms with van der Waals surface area (Å²) in [5.74, 6) is 0. The molecule has 0 spiro atoms. The summed E-state index contributed by atoms with van der Waals surface area (Å²) in [6.07, 6.45) is 12.0. The van der Waals surface area contributed by atoms with Gasteiger partial charge in [-0.15, -0.1) is 0 Å². The second kappa shape index (κ2) is 48.5. The Hall–Kier alpha value is -0.360. The molecule has 0 aliphatic heterocycles. The number of rotatable bonds is 23. The van der Waals surface area contributed by atoms with Crippen molar-refractivity contribution in [2.45, 2.75) is 105 Å². The highest BCUT2D eigenvalue weighted by molar-refractivity contribution is 4.56. The fraction of sp³-hybridized carbons (Fsp3) is 1.00. The summed E-state index contributed by atoms with van der Waals surface area (Å²) in [6.45, 7) is 21.3. The summed E-state index contributed by atoms with van der Waals surface area (Å²) < 4.78 is 5.26. The molecule has 0 fully saturated rings. The van der Waals surface area contributed by atoms with Gasteiger partial charge in [-0.05, 0) is 108 Å². The van der Waals surface area contributed by atoms with Gasteiger partial charge in [-0.2, -0.15) is 0 Å². The molecule has 0 aromatic heterocycles. The monoisotopic (exact) mass is 624 g/mol. The zero-order chi connectivity index (χ0) is 34.2. The van der Waals surface area contributed by atoms with Crippen molar-refractivity contribution in [1.29, 1.82) is 0 Å². The van der Waals surface area contributed by atoms with E-state index < -0.39 is 0 Å². The first-order valence-corrected chi connectivity index (χ1v) is 17.4. The molecule has 0 amide bonds. The molecule has 6 N–H and O–H groups in total. The number of aliphatic hydroxyl groups excluding tert-OH is 1. The van der Waals surface area contributed by atoms with Crippen LogP contribution in [-0.2, 0) is 4.74 Å². The highest BCUT2D eigenvalue weighted by atomic mass is 16.5. The van der Waals surface area contributed by atoms with Crippen LogP contribution in [0.2, 0.25) is 0 Å². The average molecular weight is 624 g/mol. The van der Waals surface area contributed by atoms with Crippen molar-refractivity contribution in [2.24, 2.45) is 11.5 Å². The highest BCUT2D eigenvalue weighted by Crippen LogP contribution is 1.92. The largest absolute Gasteiger partial charge is 0.389 e. The number of nitrogens with two attached hydrogens (primary N) is 2. The molecule has 0 rings (SSSR count). The average Bonchev–Trinajstić information content (AvgIpc) is 2.95. The standard InChI is InChI=1S/C9H22N2.C9H21NO2.C6H16N2.C6H15N.C4H11N/c1-5-6-7-11(4)9-8-10(2)3;1-4-5-6-12-8-9(11)7-10(2)3;1-2-3-5-8-6-4-7;1-4-5-6-7(2)3;1-2-3-4-5/h5-9H2,1-4H3;9,11H,4-8H2,1-3H3;8H,2-7H2,1H3;4-6H2,1-3H3;2-5H2,1H3. The van der Waals surface area contributed by atoms with Gasteiger partial charge in [0.2, 0.25) is 0 Å². The first-order chi connectivity index (χ1) is 20.4. The van der Waals surface area contributed by atoms with Crippen LogP contribution in [0.1, 0.15) is 98.8 Å². The van der Waals surface area contributed by atoms with Gasteiger partial charge in [0.05, 0.1) is 12.7 Å². The van der Waals surface area contributed by atoms with E-state index in [9.17, 15) is 5.11 Å². The lowest BCUT2D eigenvalue weighted by atomic mass is 10.3. The summed E-state index contributed by atoms with van der Waals surface area (Å²) in [5.41, 5.74) is 10.4. The molecule has 0 aliphatic carbocycles. The molecule has 0 heterocycles. The molecule has 9 nitrogen and oxygen atoms in total. The molecule has 43 heavy (non-hydrogen) atoms. The van der Waals surface area contributed by atoms with Crippen molar-refractivity contribution in [2.75, 3.05) is 121 Å². The molecule has 0 aromatic rings. The van der Waals surface area contributed by atoms with Crippen LogP contribution in [0.4, 0.5) is 0 Å². The van der Waals surface area contributed by atoms with Gasteiger partial charge >= 0.3 is 0 Å². The maximum absolute atomic E-state index is 9.35. The topological polar surface area (TPSA) is 106 Å². The van der Waals surface area contributed by atoms with E-state index in [0.717, 1.165) is 45.6 Å². The van der Waals surface area contributed by atoms with Crippen LogP contribution in [0.25, 0.3) is 0 Å². The third-order valence-corrected chi connectivity index (χ3v) is 5.90. The molecule has 0 aliphatic rings. The Bertz CT molecular complexity index is 424. The highest BCUT2D eigenvalue weighted by Gasteiger charge is 2.04. The van der Waals surface area contributed by atoms with E-state index >= 15 is 0 Å². The third kappa shape index (κ3) is 74.5. The minimum Gasteiger partial charge on any atom is -0.389 e. The van der Waals surface area contributed by atoms with E-state index in [0.29, 0.717) is 13.2 Å². The number of hydrogen-bond donors (Lipinski definition) is 4. The van der Waals surface area contributed by atoms with Gasteiger partial charge < -0.3 is 46.2 Å². The maximum Gasteiger partial charge on any atom is 0.0899 e. The minimum absolute atomic E-state index is 0.350. The van der Waals surface area contributed by atoms with Gasteiger partial charge in [0.15, 0.2) is 0 Å². The molecular formula is C34H85N7O2. The van der Waals surface area contributed by atoms with Gasteiger partial charge in [0.25, 0.3) is 0 Å². The Kier molecular flexibility index (Phi) is 58.9. The zero-order valence-corrected chi connectivity index (χ0v) is 31.7. The Morgan fingerprint density at radius 3 is 1.47 bits per heavy atom. The summed E-state index contributed by atoms with van der Waals surface area (Å²) in [6, 6.07) is 0. The molecule has 9 heteroatoms. The first kappa shape index (κ1) is 52.2. The summed E-state index contributed by atoms with van der Waals surface area (Å²) in [5, 5.41) is 12.6. The Balaban J connectivity index is -0.000000144. The van der Waals surface area contributed by atoms with Crippen LogP contribution in [-0.4, -0.2) is 152 Å². The van der Waals surface area contributed by atoms with Gasteiger partial charge in [0, 0.05) is 39.3 Å². The quantitative estimate of drug-likeness (QED) is 0.123. The number of hydrogen-bond acceptors (Lipinski definition) is 9. The van der Waals surface area contributed by atoms with Gasteiger partial charge in [-0.25, -0.2) is 0 Å². The summed E-state index contributed by atoms with van der Waals surface area (Å²) in [4.78, 5) is 8.78. The van der Waals surface area contributed by atoms with Crippen molar-refractivity contribution in [3.8, 4) is 0 Å². The number of nitrogens with zero attached hydrogens (tertiary/aromatic N) is 4. The van der Waals surface area contributed by atoms with Crippen LogP contribution in [0.3, 0.4) is 0 Å². The van der Waals surface area contributed by atoms with Gasteiger partial charge in [0.1, 0.15) is 0 Å². The Morgan fingerprint density at radius 1 is 0.581 bits per heavy atom. The molecule has 0 saturated carbocycles. The second-order valence-electron chi connectivity index (χ2n) is 12.0. The van der Waals surface area contributed by atoms with E-state index in [2.05, 4.69) is 89.9 Å². The maximum atomic E-state index is 9.35. The van der Waals surface area contributed by atoms with E-state index in [1.54, 1.807) is 0 Å². The molecule has 0 saturated heterocycles. The van der Waals surface area contributed by atoms with Crippen LogP contribution in [0.15, 0.2) is 0 Å². The lowest BCUT2D eigenvalue weighted by Crippen LogP contribution is -2.29. The SMILES string of the molecule is CCCCN.CCCCN(C)C.CCCCN(C)CCN(C)C.CCCCNCCN.CCCCOCC(O)CN(C)C. The molecule has 1 unspecified atom stereocenters. The predicted molar refractivity (Wildman–Crippen MR) is 196 cm³/mol. The molecular weight excluding hydrogens is 538 g/mol. The normalized spacial score (nSPS) is 11.2. The third-order valence-electron chi connectivity index (χ3n) is 5.90. The van der Waals surface area contributed by atoms with Crippen molar-refractivity contribution >= 4 is 0 Å². The van der Waals surface area contributed by atoms with Crippen LogP contribution >= 0.6 is 0 Å². The van der Waals surface area contributed by atoms with Gasteiger partial charge in [-0.3, -0.25) is 0 Å². The van der Waals surface area contributed by atoms with Crippen molar-refractivity contribution < 1.29 is 9.84 Å². The second-order valence-corrected chi connectivity index (χ2v) is 12.0. The van der Waals surface area contributed by atoms with Crippen LogP contribution in [0.5, 0.6) is 0 Å². The fourth-order valence-corrected chi connectivity index (χ4v) is 3.06. The number of ether oxygens (including phenoxy) is 1. The lowest BCUT2D eigenvalue weighted by Gasteiger charge is -2.18. The fourth-order valence-electron chi connectivity index (χ4n) is 3.06. The molecule has 0 bridgehead atoms. The van der Waals surface area contributed by atoms with E-state index in [1.165, 1.54) is 77.5 Å². The van der Waals surface area contributed by atoms with E-state index in [4.69, 9.17) is 16.2 Å². The minimum atomic E-state index is -0.350. The smallest absolute Gasteiger partial charge is 0.0899 e. The number of likely N-dealkylation sites (N-methyl/N-ethyl adjacent to an activating group) is 3. The Morgan fingerprint density at radius 2 is 1.09 bits per heavy atom. The lowest BCUT2D eigenvalue weighted by molar-refractivity contribution is 0.0233.